The van der Waals surface area contributed by atoms with Gasteiger partial charge in [0.15, 0.2) is 10.2 Å². The molecule has 0 saturated heterocycles. The first-order valence-corrected chi connectivity index (χ1v) is 11.3. The van der Waals surface area contributed by atoms with Crippen LogP contribution in [0.25, 0.3) is 21.7 Å². The summed E-state index contributed by atoms with van der Waals surface area (Å²) < 4.78 is 10.5. The highest BCUT2D eigenvalue weighted by Crippen LogP contribution is 2.38. The molecule has 33 heavy (non-hydrogen) atoms. The Hall–Kier alpha value is -3.75. The predicted molar refractivity (Wildman–Crippen MR) is 136 cm³/mol. The maximum absolute atomic E-state index is 12.7. The first-order chi connectivity index (χ1) is 16.1. The molecule has 4 aromatic rings. The number of ether oxygens (including phenoxy) is 2. The highest BCUT2D eigenvalue weighted by Gasteiger charge is 2.17. The van der Waals surface area contributed by atoms with Crippen LogP contribution in [0.1, 0.15) is 10.4 Å². The number of rotatable bonds is 6. The van der Waals surface area contributed by atoms with Gasteiger partial charge in [-0.2, -0.15) is 0 Å². The second kappa shape index (κ2) is 10.2. The van der Waals surface area contributed by atoms with Gasteiger partial charge in [-0.05, 0) is 29.9 Å². The van der Waals surface area contributed by atoms with Crippen molar-refractivity contribution in [2.45, 2.75) is 0 Å². The van der Waals surface area contributed by atoms with Crippen molar-refractivity contribution in [3.8, 4) is 33.2 Å². The number of amides is 1. The van der Waals surface area contributed by atoms with Crippen molar-refractivity contribution in [3.63, 3.8) is 0 Å². The molecular formula is C25H21N3O3S2. The SMILES string of the molecule is COc1cc(OC)cc(C(=O)NC(=S)Nc2nc(-c3ccccc3)c(-c3ccccc3)s2)c1. The van der Waals surface area contributed by atoms with E-state index in [1.54, 1.807) is 18.2 Å². The zero-order valence-corrected chi connectivity index (χ0v) is 19.6. The molecule has 3 aromatic carbocycles. The Morgan fingerprint density at radius 1 is 0.879 bits per heavy atom. The van der Waals surface area contributed by atoms with E-state index < -0.39 is 0 Å². The van der Waals surface area contributed by atoms with E-state index >= 15 is 0 Å². The fourth-order valence-corrected chi connectivity index (χ4v) is 4.44. The van der Waals surface area contributed by atoms with Crippen molar-refractivity contribution >= 4 is 39.7 Å². The van der Waals surface area contributed by atoms with E-state index in [1.165, 1.54) is 25.6 Å². The molecule has 4 rings (SSSR count). The molecule has 1 heterocycles. The third-order valence-electron chi connectivity index (χ3n) is 4.77. The number of benzene rings is 3. The number of carbonyl (C=O) groups is 1. The van der Waals surface area contributed by atoms with E-state index in [0.717, 1.165) is 21.7 Å². The zero-order valence-electron chi connectivity index (χ0n) is 18.0. The number of anilines is 1. The van der Waals surface area contributed by atoms with Crippen molar-refractivity contribution in [2.75, 3.05) is 19.5 Å². The first kappa shape index (κ1) is 22.4. The Morgan fingerprint density at radius 3 is 2.03 bits per heavy atom. The monoisotopic (exact) mass is 475 g/mol. The molecular weight excluding hydrogens is 454 g/mol. The molecule has 1 amide bonds. The topological polar surface area (TPSA) is 72.5 Å². The first-order valence-electron chi connectivity index (χ1n) is 10.0. The van der Waals surface area contributed by atoms with Gasteiger partial charge in [-0.3, -0.25) is 10.1 Å². The molecule has 6 nitrogen and oxygen atoms in total. The number of hydrogen-bond acceptors (Lipinski definition) is 6. The van der Waals surface area contributed by atoms with Gasteiger partial charge in [0.1, 0.15) is 11.5 Å². The van der Waals surface area contributed by atoms with E-state index in [1.807, 2.05) is 60.7 Å². The molecule has 0 saturated carbocycles. The number of carbonyl (C=O) groups excluding carboxylic acids is 1. The van der Waals surface area contributed by atoms with Crippen LogP contribution in [-0.4, -0.2) is 30.2 Å². The normalized spacial score (nSPS) is 10.4. The molecule has 0 aliphatic rings. The van der Waals surface area contributed by atoms with Crippen LogP contribution in [0, 0.1) is 0 Å². The third kappa shape index (κ3) is 5.36. The van der Waals surface area contributed by atoms with Crippen LogP contribution >= 0.6 is 23.6 Å². The lowest BCUT2D eigenvalue weighted by Gasteiger charge is -2.10. The molecule has 1 aromatic heterocycles. The number of aromatic nitrogens is 1. The summed E-state index contributed by atoms with van der Waals surface area (Å²) in [4.78, 5) is 18.5. The Labute approximate surface area is 201 Å². The van der Waals surface area contributed by atoms with Crippen LogP contribution in [0.4, 0.5) is 5.13 Å². The van der Waals surface area contributed by atoms with Gasteiger partial charge in [-0.25, -0.2) is 4.98 Å². The summed E-state index contributed by atoms with van der Waals surface area (Å²) in [6, 6.07) is 24.9. The van der Waals surface area contributed by atoms with Crippen molar-refractivity contribution in [2.24, 2.45) is 0 Å². The molecule has 8 heteroatoms. The minimum absolute atomic E-state index is 0.148. The van der Waals surface area contributed by atoms with Gasteiger partial charge in [-0.15, -0.1) is 0 Å². The number of thiocarbonyl (C=S) groups is 1. The van der Waals surface area contributed by atoms with E-state index in [2.05, 4.69) is 10.6 Å². The molecule has 0 atom stereocenters. The molecule has 2 N–H and O–H groups in total. The summed E-state index contributed by atoms with van der Waals surface area (Å²) >= 11 is 6.85. The molecule has 0 bridgehead atoms. The minimum Gasteiger partial charge on any atom is -0.497 e. The maximum Gasteiger partial charge on any atom is 0.257 e. The van der Waals surface area contributed by atoms with Gasteiger partial charge in [0.2, 0.25) is 0 Å². The van der Waals surface area contributed by atoms with Crippen molar-refractivity contribution in [1.82, 2.24) is 10.3 Å². The fourth-order valence-electron chi connectivity index (χ4n) is 3.19. The van der Waals surface area contributed by atoms with Crippen LogP contribution < -0.4 is 20.1 Å². The average molecular weight is 476 g/mol. The molecule has 0 aliphatic carbocycles. The Morgan fingerprint density at radius 2 is 1.45 bits per heavy atom. The molecule has 0 radical (unpaired) electrons. The summed E-state index contributed by atoms with van der Waals surface area (Å²) in [5.41, 5.74) is 3.27. The molecule has 166 valence electrons. The van der Waals surface area contributed by atoms with Crippen molar-refractivity contribution in [3.05, 3.63) is 84.4 Å². The van der Waals surface area contributed by atoms with Gasteiger partial charge in [0, 0.05) is 17.2 Å². The van der Waals surface area contributed by atoms with Crippen molar-refractivity contribution in [1.29, 1.82) is 0 Å². The Kier molecular flexibility index (Phi) is 6.97. The van der Waals surface area contributed by atoms with Crippen LogP contribution in [0.2, 0.25) is 0 Å². The predicted octanol–water partition coefficient (Wildman–Crippen LogP) is 5.62. The van der Waals surface area contributed by atoms with E-state index in [-0.39, 0.29) is 11.0 Å². The number of hydrogen-bond donors (Lipinski definition) is 2. The second-order valence-corrected chi connectivity index (χ2v) is 8.35. The third-order valence-corrected chi connectivity index (χ3v) is 6.00. The number of methoxy groups -OCH3 is 2. The molecule has 0 fully saturated rings. The van der Waals surface area contributed by atoms with E-state index in [4.69, 9.17) is 26.7 Å². The quantitative estimate of drug-likeness (QED) is 0.353. The van der Waals surface area contributed by atoms with Gasteiger partial charge in [0.25, 0.3) is 5.91 Å². The largest absolute Gasteiger partial charge is 0.497 e. The fraction of sp³-hybridized carbons (Fsp3) is 0.0800. The summed E-state index contributed by atoms with van der Waals surface area (Å²) in [6.07, 6.45) is 0. The highest BCUT2D eigenvalue weighted by molar-refractivity contribution is 7.80. The van der Waals surface area contributed by atoms with Crippen molar-refractivity contribution < 1.29 is 14.3 Å². The zero-order chi connectivity index (χ0) is 23.2. The summed E-state index contributed by atoms with van der Waals surface area (Å²) in [7, 11) is 3.06. The average Bonchev–Trinajstić information content (AvgIpc) is 3.28. The summed E-state index contributed by atoms with van der Waals surface area (Å²) in [5.74, 6) is 0.643. The smallest absolute Gasteiger partial charge is 0.257 e. The minimum atomic E-state index is -0.382. The maximum atomic E-state index is 12.7. The lowest BCUT2D eigenvalue weighted by atomic mass is 10.1. The van der Waals surface area contributed by atoms with Gasteiger partial charge in [-0.1, -0.05) is 72.0 Å². The number of nitrogens with zero attached hydrogens (tertiary/aromatic N) is 1. The molecule has 0 unspecified atom stereocenters. The lowest BCUT2D eigenvalue weighted by molar-refractivity contribution is 0.0977. The Balaban J connectivity index is 1.56. The van der Waals surface area contributed by atoms with Gasteiger partial charge < -0.3 is 14.8 Å². The summed E-state index contributed by atoms with van der Waals surface area (Å²) in [5, 5.41) is 6.47. The second-order valence-electron chi connectivity index (χ2n) is 6.94. The van der Waals surface area contributed by atoms with Crippen LogP contribution in [0.3, 0.4) is 0 Å². The van der Waals surface area contributed by atoms with E-state index in [0.29, 0.717) is 22.2 Å². The lowest BCUT2D eigenvalue weighted by Crippen LogP contribution is -2.34. The van der Waals surface area contributed by atoms with E-state index in [9.17, 15) is 4.79 Å². The van der Waals surface area contributed by atoms with Crippen LogP contribution in [0.15, 0.2) is 78.9 Å². The van der Waals surface area contributed by atoms with Crippen LogP contribution in [0.5, 0.6) is 11.5 Å². The summed E-state index contributed by atoms with van der Waals surface area (Å²) in [6.45, 7) is 0. The van der Waals surface area contributed by atoms with Crippen LogP contribution in [-0.2, 0) is 0 Å². The van der Waals surface area contributed by atoms with Gasteiger partial charge in [0.05, 0.1) is 24.8 Å². The number of thiazole rings is 1. The number of nitrogens with one attached hydrogen (secondary N) is 2. The highest BCUT2D eigenvalue weighted by atomic mass is 32.1. The van der Waals surface area contributed by atoms with Gasteiger partial charge >= 0.3 is 0 Å². The molecule has 0 aliphatic heterocycles. The molecule has 0 spiro atoms. The Bertz CT molecular complexity index is 1200. The standard InChI is InChI=1S/C25H21N3O3S2/c1-30-19-13-18(14-20(15-19)31-2)23(29)27-24(32)28-25-26-21(16-9-5-3-6-10-16)22(33-25)17-11-7-4-8-12-17/h3-15H,1-2H3,(H2,26,27,28,29,32).